The van der Waals surface area contributed by atoms with E-state index in [1.54, 1.807) is 17.5 Å². The molecule has 0 spiro atoms. The van der Waals surface area contributed by atoms with Gasteiger partial charge in [0.25, 0.3) is 0 Å². The summed E-state index contributed by atoms with van der Waals surface area (Å²) in [6, 6.07) is 0.652. The smallest absolute Gasteiger partial charge is 0.113 e. The third-order valence-electron chi connectivity index (χ3n) is 3.15. The van der Waals surface area contributed by atoms with E-state index in [-0.39, 0.29) is 0 Å². The zero-order chi connectivity index (χ0) is 13.0. The molecule has 1 saturated heterocycles. The number of nitrogens with zero attached hydrogens (tertiary/aromatic N) is 2. The number of rotatable bonds is 6. The summed E-state index contributed by atoms with van der Waals surface area (Å²) < 4.78 is 0.786. The summed E-state index contributed by atoms with van der Waals surface area (Å²) in [5, 5.41) is 4.69. The highest BCUT2D eigenvalue weighted by Gasteiger charge is 2.19. The van der Waals surface area contributed by atoms with E-state index in [1.165, 1.54) is 19.4 Å². The topological polar surface area (TPSA) is 28.2 Å². The van der Waals surface area contributed by atoms with Crippen LogP contribution in [0.5, 0.6) is 0 Å². The molecule has 0 aliphatic carbocycles. The first kappa shape index (κ1) is 14.3. The second kappa shape index (κ2) is 6.85. The van der Waals surface area contributed by atoms with Crippen LogP contribution in [0.25, 0.3) is 0 Å². The van der Waals surface area contributed by atoms with E-state index in [1.807, 2.05) is 0 Å². The van der Waals surface area contributed by atoms with Crippen molar-refractivity contribution >= 4 is 22.9 Å². The van der Waals surface area contributed by atoms with E-state index in [0.717, 1.165) is 29.0 Å². The first-order valence-corrected chi connectivity index (χ1v) is 7.89. The van der Waals surface area contributed by atoms with Gasteiger partial charge in [-0.15, -0.1) is 11.3 Å². The van der Waals surface area contributed by atoms with Gasteiger partial charge in [0, 0.05) is 19.1 Å². The van der Waals surface area contributed by atoms with Crippen LogP contribution in [0.3, 0.4) is 0 Å². The highest BCUT2D eigenvalue weighted by molar-refractivity contribution is 7.15. The third-order valence-corrected chi connectivity index (χ3v) is 4.25. The predicted molar refractivity (Wildman–Crippen MR) is 78.3 cm³/mol. The fourth-order valence-corrected chi connectivity index (χ4v) is 3.50. The molecule has 0 amide bonds. The van der Waals surface area contributed by atoms with Crippen molar-refractivity contribution in [3.8, 4) is 0 Å². The first-order chi connectivity index (χ1) is 8.63. The molecule has 1 unspecified atom stereocenters. The van der Waals surface area contributed by atoms with Crippen LogP contribution < -0.4 is 5.32 Å². The average Bonchev–Trinajstić information content (AvgIpc) is 2.89. The largest absolute Gasteiger partial charge is 0.313 e. The van der Waals surface area contributed by atoms with Crippen molar-refractivity contribution in [2.24, 2.45) is 5.92 Å². The van der Waals surface area contributed by atoms with Crippen LogP contribution in [0.1, 0.15) is 31.7 Å². The molecule has 0 radical (unpaired) electrons. The van der Waals surface area contributed by atoms with Gasteiger partial charge in [-0.3, -0.25) is 4.90 Å². The molecule has 3 nitrogen and oxygen atoms in total. The Kier molecular flexibility index (Phi) is 5.42. The van der Waals surface area contributed by atoms with Crippen molar-refractivity contribution in [2.45, 2.75) is 39.3 Å². The highest BCUT2D eigenvalue weighted by Crippen LogP contribution is 2.20. The maximum Gasteiger partial charge on any atom is 0.113 e. The van der Waals surface area contributed by atoms with Crippen LogP contribution >= 0.6 is 22.9 Å². The molecule has 18 heavy (non-hydrogen) atoms. The Balaban J connectivity index is 1.91. The monoisotopic (exact) mass is 287 g/mol. The van der Waals surface area contributed by atoms with Crippen molar-refractivity contribution < 1.29 is 0 Å². The van der Waals surface area contributed by atoms with Crippen molar-refractivity contribution in [1.29, 1.82) is 0 Å². The molecule has 1 N–H and O–H groups in total. The summed E-state index contributed by atoms with van der Waals surface area (Å²) >= 11 is 7.54. The average molecular weight is 288 g/mol. The Hall–Kier alpha value is -0.160. The van der Waals surface area contributed by atoms with Crippen molar-refractivity contribution in [2.75, 3.05) is 19.6 Å². The van der Waals surface area contributed by atoms with E-state index in [2.05, 4.69) is 29.0 Å². The second-order valence-corrected chi connectivity index (χ2v) is 7.19. The van der Waals surface area contributed by atoms with Gasteiger partial charge in [0.1, 0.15) is 9.34 Å². The molecule has 2 rings (SSSR count). The molecular formula is C13H22ClN3S. The maximum atomic E-state index is 5.95. The van der Waals surface area contributed by atoms with E-state index >= 15 is 0 Å². The summed E-state index contributed by atoms with van der Waals surface area (Å²) in [7, 11) is 0. The number of nitrogens with one attached hydrogen (secondary N) is 1. The minimum atomic E-state index is 0.652. The zero-order valence-corrected chi connectivity index (χ0v) is 12.7. The number of hydrogen-bond donors (Lipinski definition) is 1. The molecule has 1 aromatic rings. The number of hydrogen-bond acceptors (Lipinski definition) is 4. The van der Waals surface area contributed by atoms with Crippen LogP contribution in [-0.2, 0) is 6.54 Å². The molecule has 0 saturated carbocycles. The van der Waals surface area contributed by atoms with Crippen LogP contribution in [0, 0.1) is 5.92 Å². The lowest BCUT2D eigenvalue weighted by Gasteiger charge is -2.26. The third kappa shape index (κ3) is 4.50. The van der Waals surface area contributed by atoms with Gasteiger partial charge < -0.3 is 5.32 Å². The lowest BCUT2D eigenvalue weighted by molar-refractivity contribution is 0.216. The molecule has 0 bridgehead atoms. The van der Waals surface area contributed by atoms with Crippen LogP contribution in [0.2, 0.25) is 4.34 Å². The molecule has 102 valence electrons. The lowest BCUT2D eigenvalue weighted by atomic mass is 10.1. The van der Waals surface area contributed by atoms with E-state index in [0.29, 0.717) is 12.0 Å². The molecule has 2 heterocycles. The van der Waals surface area contributed by atoms with Gasteiger partial charge >= 0.3 is 0 Å². The van der Waals surface area contributed by atoms with Gasteiger partial charge in [-0.25, -0.2) is 4.98 Å². The summed E-state index contributed by atoms with van der Waals surface area (Å²) in [6.07, 6.45) is 4.36. The standard InChI is InChI=1S/C13H22ClN3S/c1-10(2)7-17(8-11-4-3-5-15-11)9-13-16-6-12(14)18-13/h6,10-11,15H,3-5,7-9H2,1-2H3. The Morgan fingerprint density at radius 3 is 3.00 bits per heavy atom. The van der Waals surface area contributed by atoms with Crippen LogP contribution in [0.15, 0.2) is 6.20 Å². The quantitative estimate of drug-likeness (QED) is 0.872. The van der Waals surface area contributed by atoms with Crippen molar-refractivity contribution in [1.82, 2.24) is 15.2 Å². The fourth-order valence-electron chi connectivity index (χ4n) is 2.50. The normalized spacial score (nSPS) is 20.2. The van der Waals surface area contributed by atoms with Gasteiger partial charge in [-0.1, -0.05) is 25.4 Å². The van der Waals surface area contributed by atoms with Crippen LogP contribution in [0.4, 0.5) is 0 Å². The molecule has 1 fully saturated rings. The molecule has 1 aliphatic rings. The number of halogens is 1. The summed E-state index contributed by atoms with van der Waals surface area (Å²) in [5.41, 5.74) is 0. The molecular weight excluding hydrogens is 266 g/mol. The molecule has 0 aromatic carbocycles. The maximum absolute atomic E-state index is 5.95. The molecule has 1 atom stereocenters. The second-order valence-electron chi connectivity index (χ2n) is 5.44. The Morgan fingerprint density at radius 2 is 2.44 bits per heavy atom. The molecule has 1 aliphatic heterocycles. The van der Waals surface area contributed by atoms with Gasteiger partial charge in [-0.2, -0.15) is 0 Å². The van der Waals surface area contributed by atoms with Crippen molar-refractivity contribution in [3.05, 3.63) is 15.5 Å². The van der Waals surface area contributed by atoms with Gasteiger partial charge in [0.15, 0.2) is 0 Å². The van der Waals surface area contributed by atoms with E-state index in [4.69, 9.17) is 11.6 Å². The summed E-state index contributed by atoms with van der Waals surface area (Å²) in [4.78, 5) is 6.86. The van der Waals surface area contributed by atoms with E-state index in [9.17, 15) is 0 Å². The highest BCUT2D eigenvalue weighted by atomic mass is 35.5. The lowest BCUT2D eigenvalue weighted by Crippen LogP contribution is -2.38. The van der Waals surface area contributed by atoms with Gasteiger partial charge in [0.05, 0.1) is 12.7 Å². The SMILES string of the molecule is CC(C)CN(Cc1ncc(Cl)s1)CC1CCCN1. The molecule has 5 heteroatoms. The fraction of sp³-hybridized carbons (Fsp3) is 0.769. The zero-order valence-electron chi connectivity index (χ0n) is 11.2. The summed E-state index contributed by atoms with van der Waals surface area (Å²) in [6.45, 7) is 8.87. The van der Waals surface area contributed by atoms with Gasteiger partial charge in [-0.05, 0) is 25.3 Å². The Morgan fingerprint density at radius 1 is 1.61 bits per heavy atom. The van der Waals surface area contributed by atoms with E-state index < -0.39 is 0 Å². The first-order valence-electron chi connectivity index (χ1n) is 6.69. The minimum Gasteiger partial charge on any atom is -0.313 e. The van der Waals surface area contributed by atoms with Crippen LogP contribution in [-0.4, -0.2) is 35.6 Å². The Labute approximate surface area is 119 Å². The predicted octanol–water partition coefficient (Wildman–Crippen LogP) is 3.01. The number of aromatic nitrogens is 1. The Bertz CT molecular complexity index is 361. The number of thiazole rings is 1. The van der Waals surface area contributed by atoms with Gasteiger partial charge in [0.2, 0.25) is 0 Å². The minimum absolute atomic E-state index is 0.652. The summed E-state index contributed by atoms with van der Waals surface area (Å²) in [5.74, 6) is 0.682. The van der Waals surface area contributed by atoms with Crippen molar-refractivity contribution in [3.63, 3.8) is 0 Å². The molecule has 1 aromatic heterocycles.